The minimum atomic E-state index is -2.06. The van der Waals surface area contributed by atoms with E-state index >= 15 is 0 Å². The summed E-state index contributed by atoms with van der Waals surface area (Å²) in [4.78, 5) is 27.0. The fraction of sp³-hybridized carbons (Fsp3) is 0.643. The summed E-state index contributed by atoms with van der Waals surface area (Å²) in [5, 5.41) is 9.40. The normalized spacial score (nSPS) is 37.3. The zero-order valence-electron chi connectivity index (χ0n) is 13.0. The lowest BCUT2D eigenvalue weighted by atomic mass is 10.1. The van der Waals surface area contributed by atoms with E-state index in [1.54, 1.807) is 13.8 Å². The average Bonchev–Trinajstić information content (AvgIpc) is 2.87. The average molecular weight is 362 g/mol. The number of alkyl halides is 2. The predicted octanol–water partition coefficient (Wildman–Crippen LogP) is -0.0175. The second kappa shape index (κ2) is 5.40. The van der Waals surface area contributed by atoms with Gasteiger partial charge in [-0.05, 0) is 6.07 Å². The molecular formula is C14H17ClFN3O5. The smallest absolute Gasteiger partial charge is 0.351 e. The number of ether oxygens (including phenoxy) is 2. The van der Waals surface area contributed by atoms with Gasteiger partial charge in [-0.25, -0.2) is 9.18 Å². The standard InChI is InChI=1S/C14H17ClFN3O5/c1-6(2)10(20)23-5-13-11(15)14(13,22)8(16)9(24-13)19-4-3-7(17)18-12(19)21/h3-4,6,8-9,11,22H,5H2,1-2H3,(H2,17,18,21). The van der Waals surface area contributed by atoms with E-state index in [9.17, 15) is 19.1 Å². The van der Waals surface area contributed by atoms with Gasteiger partial charge in [-0.3, -0.25) is 9.36 Å². The van der Waals surface area contributed by atoms with Gasteiger partial charge in [0.1, 0.15) is 17.8 Å². The summed E-state index contributed by atoms with van der Waals surface area (Å²) < 4.78 is 26.2. The van der Waals surface area contributed by atoms with Crippen LogP contribution in [0.25, 0.3) is 0 Å². The van der Waals surface area contributed by atoms with Gasteiger partial charge < -0.3 is 20.3 Å². The van der Waals surface area contributed by atoms with Crippen LogP contribution in [0, 0.1) is 5.92 Å². The molecule has 1 aliphatic heterocycles. The predicted molar refractivity (Wildman–Crippen MR) is 81.0 cm³/mol. The fourth-order valence-electron chi connectivity index (χ4n) is 2.87. The first-order valence-electron chi connectivity index (χ1n) is 7.35. The van der Waals surface area contributed by atoms with Crippen molar-refractivity contribution in [3.8, 4) is 0 Å². The molecule has 1 aromatic rings. The molecule has 2 aliphatic rings. The number of fused-ring (bicyclic) bond motifs is 1. The van der Waals surface area contributed by atoms with Crippen molar-refractivity contribution in [3.05, 3.63) is 22.7 Å². The lowest BCUT2D eigenvalue weighted by Gasteiger charge is -2.22. The second-order valence-electron chi connectivity index (χ2n) is 6.29. The maximum atomic E-state index is 14.7. The number of nitrogens with two attached hydrogens (primary N) is 1. The van der Waals surface area contributed by atoms with Crippen molar-refractivity contribution >= 4 is 23.4 Å². The van der Waals surface area contributed by atoms with E-state index in [1.165, 1.54) is 12.3 Å². The summed E-state index contributed by atoms with van der Waals surface area (Å²) in [7, 11) is 0. The Balaban J connectivity index is 1.85. The molecule has 1 saturated carbocycles. The molecule has 24 heavy (non-hydrogen) atoms. The summed E-state index contributed by atoms with van der Waals surface area (Å²) in [6, 6.07) is 1.30. The summed E-state index contributed by atoms with van der Waals surface area (Å²) in [6.45, 7) is 2.85. The third-order valence-corrected chi connectivity index (χ3v) is 5.10. The van der Waals surface area contributed by atoms with Gasteiger partial charge in [-0.2, -0.15) is 4.98 Å². The molecule has 3 rings (SSSR count). The molecular weight excluding hydrogens is 345 g/mol. The Hall–Kier alpha value is -1.71. The molecule has 132 valence electrons. The molecule has 0 aromatic carbocycles. The Morgan fingerprint density at radius 2 is 2.33 bits per heavy atom. The number of rotatable bonds is 4. The van der Waals surface area contributed by atoms with Gasteiger partial charge in [0.2, 0.25) is 0 Å². The highest BCUT2D eigenvalue weighted by Crippen LogP contribution is 2.66. The topological polar surface area (TPSA) is 117 Å². The van der Waals surface area contributed by atoms with Crippen LogP contribution >= 0.6 is 11.6 Å². The molecule has 1 aliphatic carbocycles. The number of nitrogens with zero attached hydrogens (tertiary/aromatic N) is 2. The van der Waals surface area contributed by atoms with E-state index in [4.69, 9.17) is 26.8 Å². The van der Waals surface area contributed by atoms with Crippen LogP contribution < -0.4 is 11.4 Å². The van der Waals surface area contributed by atoms with Crippen LogP contribution in [0.15, 0.2) is 17.1 Å². The highest BCUT2D eigenvalue weighted by atomic mass is 35.5. The van der Waals surface area contributed by atoms with Crippen molar-refractivity contribution in [2.75, 3.05) is 12.3 Å². The number of esters is 1. The lowest BCUT2D eigenvalue weighted by molar-refractivity contribution is -0.156. The first-order valence-corrected chi connectivity index (χ1v) is 7.78. The number of hydrogen-bond donors (Lipinski definition) is 2. The Morgan fingerprint density at radius 3 is 2.92 bits per heavy atom. The van der Waals surface area contributed by atoms with E-state index in [-0.39, 0.29) is 5.82 Å². The zero-order chi connectivity index (χ0) is 17.9. The van der Waals surface area contributed by atoms with Gasteiger partial charge in [0.05, 0.1) is 5.92 Å². The molecule has 5 unspecified atom stereocenters. The molecule has 3 N–H and O–H groups in total. The quantitative estimate of drug-likeness (QED) is 0.572. The molecule has 0 amide bonds. The summed E-state index contributed by atoms with van der Waals surface area (Å²) in [5.74, 6) is -0.954. The molecule has 8 nitrogen and oxygen atoms in total. The number of anilines is 1. The van der Waals surface area contributed by atoms with Gasteiger partial charge in [-0.15, -0.1) is 11.6 Å². The summed E-state index contributed by atoms with van der Waals surface area (Å²) >= 11 is 6.00. The number of carbonyl (C=O) groups is 1. The van der Waals surface area contributed by atoms with E-state index in [0.29, 0.717) is 0 Å². The first kappa shape index (κ1) is 17.1. The maximum Gasteiger partial charge on any atom is 0.351 e. The lowest BCUT2D eigenvalue weighted by Crippen LogP contribution is -2.37. The van der Waals surface area contributed by atoms with Crippen LogP contribution in [0.3, 0.4) is 0 Å². The van der Waals surface area contributed by atoms with Crippen molar-refractivity contribution in [1.82, 2.24) is 9.55 Å². The highest BCUT2D eigenvalue weighted by Gasteiger charge is 2.88. The van der Waals surface area contributed by atoms with Crippen LogP contribution in [0.2, 0.25) is 0 Å². The molecule has 5 atom stereocenters. The van der Waals surface area contributed by atoms with Crippen molar-refractivity contribution < 1.29 is 23.8 Å². The first-order chi connectivity index (χ1) is 11.1. The third kappa shape index (κ3) is 2.15. The third-order valence-electron chi connectivity index (χ3n) is 4.42. The fourth-order valence-corrected chi connectivity index (χ4v) is 3.40. The Kier molecular flexibility index (Phi) is 3.85. The number of carbonyl (C=O) groups excluding carboxylic acids is 1. The van der Waals surface area contributed by atoms with Crippen molar-refractivity contribution in [2.24, 2.45) is 5.92 Å². The molecule has 2 fully saturated rings. The van der Waals surface area contributed by atoms with Crippen molar-refractivity contribution in [2.45, 2.75) is 42.8 Å². The molecule has 1 aromatic heterocycles. The molecule has 1 saturated heterocycles. The summed E-state index contributed by atoms with van der Waals surface area (Å²) in [6.07, 6.45) is -2.23. The Morgan fingerprint density at radius 1 is 1.67 bits per heavy atom. The zero-order valence-corrected chi connectivity index (χ0v) is 13.7. The number of aliphatic hydroxyl groups is 1. The minimum absolute atomic E-state index is 0.0238. The van der Waals surface area contributed by atoms with Crippen LogP contribution in [-0.4, -0.2) is 50.0 Å². The Bertz CT molecular complexity index is 743. The maximum absolute atomic E-state index is 14.7. The highest BCUT2D eigenvalue weighted by molar-refractivity contribution is 6.25. The SMILES string of the molecule is CC(C)C(=O)OCC12OC(n3ccc(N)nc3=O)C(F)C1(O)C2Cl. The summed E-state index contributed by atoms with van der Waals surface area (Å²) in [5.41, 5.74) is 0.902. The van der Waals surface area contributed by atoms with Crippen LogP contribution in [0.5, 0.6) is 0 Å². The number of aromatic nitrogens is 2. The number of nitrogen functional groups attached to an aromatic ring is 1. The van der Waals surface area contributed by atoms with Gasteiger partial charge >= 0.3 is 11.7 Å². The molecule has 2 heterocycles. The number of halogens is 2. The van der Waals surface area contributed by atoms with Gasteiger partial charge in [0.25, 0.3) is 0 Å². The molecule has 0 spiro atoms. The minimum Gasteiger partial charge on any atom is -0.462 e. The van der Waals surface area contributed by atoms with Crippen LogP contribution in [0.4, 0.5) is 10.2 Å². The van der Waals surface area contributed by atoms with E-state index in [1.807, 2.05) is 0 Å². The van der Waals surface area contributed by atoms with E-state index < -0.39 is 53.2 Å². The second-order valence-corrected chi connectivity index (χ2v) is 6.73. The van der Waals surface area contributed by atoms with E-state index in [2.05, 4.69) is 4.98 Å². The van der Waals surface area contributed by atoms with Crippen LogP contribution in [-0.2, 0) is 14.3 Å². The largest absolute Gasteiger partial charge is 0.462 e. The number of hydrogen-bond acceptors (Lipinski definition) is 7. The molecule has 10 heteroatoms. The monoisotopic (exact) mass is 361 g/mol. The molecule has 0 radical (unpaired) electrons. The van der Waals surface area contributed by atoms with Gasteiger partial charge in [-0.1, -0.05) is 13.8 Å². The molecule has 0 bridgehead atoms. The Labute approximate surface area is 141 Å². The van der Waals surface area contributed by atoms with E-state index in [0.717, 1.165) is 4.57 Å². The van der Waals surface area contributed by atoms with Crippen molar-refractivity contribution in [1.29, 1.82) is 0 Å². The van der Waals surface area contributed by atoms with Gasteiger partial charge in [0, 0.05) is 6.20 Å². The van der Waals surface area contributed by atoms with Gasteiger partial charge in [0.15, 0.2) is 23.6 Å². The van der Waals surface area contributed by atoms with Crippen LogP contribution in [0.1, 0.15) is 20.1 Å². The van der Waals surface area contributed by atoms with Crippen molar-refractivity contribution in [3.63, 3.8) is 0 Å².